The number of nitrogens with zero attached hydrogens (tertiary/aromatic N) is 2. The van der Waals surface area contributed by atoms with E-state index in [0.717, 1.165) is 4.31 Å². The van der Waals surface area contributed by atoms with E-state index in [9.17, 15) is 18.0 Å². The van der Waals surface area contributed by atoms with Crippen LogP contribution in [-0.4, -0.2) is 50.8 Å². The van der Waals surface area contributed by atoms with Gasteiger partial charge in [-0.2, -0.15) is 0 Å². The summed E-state index contributed by atoms with van der Waals surface area (Å²) < 4.78 is 30.1. The molecule has 0 unspecified atom stereocenters. The number of rotatable bonds is 5. The fraction of sp³-hybridized carbons (Fsp3) is 0.235. The molecule has 9 heteroatoms. The summed E-state index contributed by atoms with van der Waals surface area (Å²) in [6.07, 6.45) is 2.44. The second-order valence-electron chi connectivity index (χ2n) is 5.67. The highest BCUT2D eigenvalue weighted by molar-refractivity contribution is 7.89. The summed E-state index contributed by atoms with van der Waals surface area (Å²) in [5, 5.41) is 2.62. The van der Waals surface area contributed by atoms with Crippen LogP contribution >= 0.6 is 0 Å². The second-order valence-corrected chi connectivity index (χ2v) is 7.82. The Morgan fingerprint density at radius 2 is 1.85 bits per heavy atom. The van der Waals surface area contributed by atoms with E-state index >= 15 is 0 Å². The molecule has 0 saturated heterocycles. The third kappa shape index (κ3) is 4.06. The first-order chi connectivity index (χ1) is 12.2. The van der Waals surface area contributed by atoms with Crippen molar-refractivity contribution in [3.63, 3.8) is 0 Å². The molecule has 0 aliphatic rings. The largest absolute Gasteiger partial charge is 0.465 e. The van der Waals surface area contributed by atoms with Gasteiger partial charge in [0.15, 0.2) is 0 Å². The average molecular weight is 377 g/mol. The van der Waals surface area contributed by atoms with Crippen LogP contribution in [0.2, 0.25) is 0 Å². The van der Waals surface area contributed by atoms with Crippen molar-refractivity contribution >= 4 is 27.6 Å². The lowest BCUT2D eigenvalue weighted by Crippen LogP contribution is -2.23. The molecule has 0 aliphatic heterocycles. The van der Waals surface area contributed by atoms with Crippen LogP contribution in [0.15, 0.2) is 41.6 Å². The van der Waals surface area contributed by atoms with Gasteiger partial charge < -0.3 is 10.1 Å². The predicted octanol–water partition coefficient (Wildman–Crippen LogP) is 1.68. The van der Waals surface area contributed by atoms with Crippen molar-refractivity contribution in [3.8, 4) is 0 Å². The molecule has 1 N–H and O–H groups in total. The number of benzene rings is 1. The quantitative estimate of drug-likeness (QED) is 0.795. The van der Waals surface area contributed by atoms with Gasteiger partial charge in [-0.1, -0.05) is 6.07 Å². The van der Waals surface area contributed by atoms with Gasteiger partial charge in [0.1, 0.15) is 4.90 Å². The second kappa shape index (κ2) is 7.63. The number of hydrogen-bond donors (Lipinski definition) is 1. The third-order valence-corrected chi connectivity index (χ3v) is 5.44. The maximum Gasteiger partial charge on any atom is 0.338 e. The number of sulfonamides is 1. The number of amides is 1. The van der Waals surface area contributed by atoms with Crippen molar-refractivity contribution in [1.29, 1.82) is 0 Å². The Balaban J connectivity index is 2.30. The molecule has 0 bridgehead atoms. The van der Waals surface area contributed by atoms with Crippen molar-refractivity contribution in [2.24, 2.45) is 0 Å². The summed E-state index contributed by atoms with van der Waals surface area (Å²) in [6.45, 7) is 1.75. The first-order valence-corrected chi connectivity index (χ1v) is 8.98. The summed E-state index contributed by atoms with van der Waals surface area (Å²) in [5.41, 5.74) is 1.48. The molecular formula is C17H19N3O5S. The molecule has 1 heterocycles. The smallest absolute Gasteiger partial charge is 0.338 e. The Kier molecular flexibility index (Phi) is 5.73. The highest BCUT2D eigenvalue weighted by Gasteiger charge is 2.20. The molecule has 2 rings (SSSR count). The van der Waals surface area contributed by atoms with Gasteiger partial charge >= 0.3 is 5.97 Å². The van der Waals surface area contributed by atoms with Gasteiger partial charge in [0.25, 0.3) is 5.91 Å². The van der Waals surface area contributed by atoms with E-state index in [-0.39, 0.29) is 10.5 Å². The number of esters is 1. The minimum absolute atomic E-state index is 0.0770. The van der Waals surface area contributed by atoms with E-state index in [1.807, 2.05) is 0 Å². The maximum absolute atomic E-state index is 12.4. The Morgan fingerprint density at radius 3 is 2.46 bits per heavy atom. The van der Waals surface area contributed by atoms with Crippen molar-refractivity contribution in [2.45, 2.75) is 11.8 Å². The van der Waals surface area contributed by atoms with Gasteiger partial charge in [-0.3, -0.25) is 9.78 Å². The summed E-state index contributed by atoms with van der Waals surface area (Å²) in [6, 6.07) is 6.04. The van der Waals surface area contributed by atoms with Crippen LogP contribution in [0.5, 0.6) is 0 Å². The zero-order chi connectivity index (χ0) is 19.5. The fourth-order valence-corrected chi connectivity index (χ4v) is 3.02. The Bertz CT molecular complexity index is 955. The maximum atomic E-state index is 12.4. The average Bonchev–Trinajstić information content (AvgIpc) is 2.62. The molecule has 0 saturated carbocycles. The number of ether oxygens (including phenoxy) is 1. The Morgan fingerprint density at radius 1 is 1.15 bits per heavy atom. The Labute approximate surface area is 151 Å². The standard InChI is InChI=1S/C17H19N3O5S/c1-11-5-6-13(8-15(11)17(22)25-4)19-16(21)12-7-14(10-18-9-12)26(23,24)20(2)3/h5-10H,1-4H3,(H,19,21). The first-order valence-electron chi connectivity index (χ1n) is 7.54. The SMILES string of the molecule is COC(=O)c1cc(NC(=O)c2cncc(S(=O)(=O)N(C)C)c2)ccc1C. The number of aryl methyl sites for hydroxylation is 1. The molecule has 1 aromatic carbocycles. The molecule has 2 aromatic rings. The van der Waals surface area contributed by atoms with Crippen molar-refractivity contribution in [3.05, 3.63) is 53.3 Å². The van der Waals surface area contributed by atoms with Crippen LogP contribution in [0.25, 0.3) is 0 Å². The van der Waals surface area contributed by atoms with Crippen LogP contribution in [0, 0.1) is 6.92 Å². The molecule has 26 heavy (non-hydrogen) atoms. The number of nitrogens with one attached hydrogen (secondary N) is 1. The van der Waals surface area contributed by atoms with Gasteiger partial charge in [-0.05, 0) is 30.7 Å². The molecule has 0 fully saturated rings. The van der Waals surface area contributed by atoms with Gasteiger partial charge in [0.2, 0.25) is 10.0 Å². The zero-order valence-corrected chi connectivity index (χ0v) is 15.6. The van der Waals surface area contributed by atoms with Crippen molar-refractivity contribution < 1.29 is 22.7 Å². The van der Waals surface area contributed by atoms with E-state index in [2.05, 4.69) is 10.3 Å². The van der Waals surface area contributed by atoms with Crippen LogP contribution < -0.4 is 5.32 Å². The van der Waals surface area contributed by atoms with Gasteiger partial charge in [-0.15, -0.1) is 0 Å². The molecule has 1 amide bonds. The topological polar surface area (TPSA) is 106 Å². The van der Waals surface area contributed by atoms with Crippen LogP contribution in [0.3, 0.4) is 0 Å². The highest BCUT2D eigenvalue weighted by Crippen LogP contribution is 2.18. The lowest BCUT2D eigenvalue weighted by Gasteiger charge is -2.12. The normalized spacial score (nSPS) is 11.3. The zero-order valence-electron chi connectivity index (χ0n) is 14.8. The van der Waals surface area contributed by atoms with Crippen LogP contribution in [-0.2, 0) is 14.8 Å². The Hall–Kier alpha value is -2.78. The van der Waals surface area contributed by atoms with Gasteiger partial charge in [0, 0.05) is 32.2 Å². The molecule has 0 radical (unpaired) electrons. The summed E-state index contributed by atoms with van der Waals surface area (Å²) in [5.74, 6) is -1.06. The first kappa shape index (κ1) is 19.5. The van der Waals surface area contributed by atoms with E-state index in [1.165, 1.54) is 45.7 Å². The monoisotopic (exact) mass is 377 g/mol. The summed E-state index contributed by atoms with van der Waals surface area (Å²) >= 11 is 0. The van der Waals surface area contributed by atoms with Crippen LogP contribution in [0.1, 0.15) is 26.3 Å². The number of aromatic nitrogens is 1. The lowest BCUT2D eigenvalue weighted by atomic mass is 10.1. The van der Waals surface area contributed by atoms with E-state index in [1.54, 1.807) is 19.1 Å². The van der Waals surface area contributed by atoms with Gasteiger partial charge in [-0.25, -0.2) is 17.5 Å². The minimum Gasteiger partial charge on any atom is -0.465 e. The van der Waals surface area contributed by atoms with Crippen molar-refractivity contribution in [1.82, 2.24) is 9.29 Å². The molecule has 0 spiro atoms. The minimum atomic E-state index is -3.70. The highest BCUT2D eigenvalue weighted by atomic mass is 32.2. The number of carbonyl (C=O) groups is 2. The summed E-state index contributed by atoms with van der Waals surface area (Å²) in [4.78, 5) is 27.9. The third-order valence-electron chi connectivity index (χ3n) is 3.65. The predicted molar refractivity (Wildman–Crippen MR) is 95.6 cm³/mol. The van der Waals surface area contributed by atoms with Crippen LogP contribution in [0.4, 0.5) is 5.69 Å². The molecule has 1 aromatic heterocycles. The van der Waals surface area contributed by atoms with E-state index < -0.39 is 21.9 Å². The molecule has 0 aliphatic carbocycles. The lowest BCUT2D eigenvalue weighted by molar-refractivity contribution is 0.0599. The number of methoxy groups -OCH3 is 1. The molecule has 138 valence electrons. The van der Waals surface area contributed by atoms with E-state index in [4.69, 9.17) is 4.74 Å². The van der Waals surface area contributed by atoms with E-state index in [0.29, 0.717) is 16.8 Å². The number of carbonyl (C=O) groups excluding carboxylic acids is 2. The number of pyridine rings is 1. The van der Waals surface area contributed by atoms with Gasteiger partial charge in [0.05, 0.1) is 18.2 Å². The fourth-order valence-electron chi connectivity index (χ4n) is 2.13. The summed E-state index contributed by atoms with van der Waals surface area (Å²) in [7, 11) is 0.353. The molecular weight excluding hydrogens is 358 g/mol. The molecule has 0 atom stereocenters. The number of anilines is 1. The van der Waals surface area contributed by atoms with Crippen molar-refractivity contribution in [2.75, 3.05) is 26.5 Å². The number of hydrogen-bond acceptors (Lipinski definition) is 6. The molecule has 8 nitrogen and oxygen atoms in total.